The predicted octanol–water partition coefficient (Wildman–Crippen LogP) is 2.72. The molecule has 0 saturated heterocycles. The van der Waals surface area contributed by atoms with E-state index < -0.39 is 18.5 Å². The predicted molar refractivity (Wildman–Crippen MR) is 65.8 cm³/mol. The maximum absolute atomic E-state index is 12.0. The van der Waals surface area contributed by atoms with Gasteiger partial charge < -0.3 is 10.6 Å². The molecular weight excluding hydrogens is 269 g/mol. The van der Waals surface area contributed by atoms with Crippen molar-refractivity contribution < 1.29 is 18.0 Å². The molecule has 3 nitrogen and oxygen atoms in total. The van der Waals surface area contributed by atoms with E-state index in [1.165, 1.54) is 0 Å². The minimum absolute atomic E-state index is 0. The molecule has 1 amide bonds. The van der Waals surface area contributed by atoms with E-state index in [9.17, 15) is 18.0 Å². The molecule has 0 aliphatic carbocycles. The van der Waals surface area contributed by atoms with Gasteiger partial charge in [-0.25, -0.2) is 0 Å². The summed E-state index contributed by atoms with van der Waals surface area (Å²) in [6, 6.07) is 6.72. The Morgan fingerprint density at radius 3 is 2.44 bits per heavy atom. The van der Waals surface area contributed by atoms with Crippen LogP contribution in [0.3, 0.4) is 0 Å². The molecule has 0 aromatic heterocycles. The number of carbonyl (C=O) groups is 1. The van der Waals surface area contributed by atoms with Crippen LogP contribution in [0.1, 0.15) is 12.0 Å². The zero-order chi connectivity index (χ0) is 12.9. The largest absolute Gasteiger partial charge is 0.397 e. The standard InChI is InChI=1S/C11H13F3N2O.ClH/c1-15-7-8-4-2-3-5-9(8)16-10(17)6-11(12,13)14;/h2-5,15H,6-7H2,1H3,(H,16,17);1H. The van der Waals surface area contributed by atoms with Crippen molar-refractivity contribution in [2.24, 2.45) is 0 Å². The summed E-state index contributed by atoms with van der Waals surface area (Å²) in [6.07, 6.45) is -5.96. The van der Waals surface area contributed by atoms with Crippen molar-refractivity contribution in [2.45, 2.75) is 19.1 Å². The van der Waals surface area contributed by atoms with Gasteiger partial charge in [0, 0.05) is 12.2 Å². The third-order valence-electron chi connectivity index (χ3n) is 2.02. The summed E-state index contributed by atoms with van der Waals surface area (Å²) in [5, 5.41) is 5.13. The molecule has 0 heterocycles. The van der Waals surface area contributed by atoms with Crippen molar-refractivity contribution >= 4 is 24.0 Å². The number of nitrogens with one attached hydrogen (secondary N) is 2. The lowest BCUT2D eigenvalue weighted by Crippen LogP contribution is -2.22. The molecule has 2 N–H and O–H groups in total. The Labute approximate surface area is 109 Å². The third-order valence-corrected chi connectivity index (χ3v) is 2.02. The minimum atomic E-state index is -4.48. The fourth-order valence-electron chi connectivity index (χ4n) is 1.36. The van der Waals surface area contributed by atoms with Gasteiger partial charge in [0.1, 0.15) is 6.42 Å². The quantitative estimate of drug-likeness (QED) is 0.891. The van der Waals surface area contributed by atoms with Crippen LogP contribution < -0.4 is 10.6 Å². The zero-order valence-corrected chi connectivity index (χ0v) is 10.5. The Balaban J connectivity index is 0.00000289. The van der Waals surface area contributed by atoms with Gasteiger partial charge in [0.15, 0.2) is 0 Å². The summed E-state index contributed by atoms with van der Waals surface area (Å²) in [6.45, 7) is 0.475. The Morgan fingerprint density at radius 2 is 1.89 bits per heavy atom. The van der Waals surface area contributed by atoms with Crippen LogP contribution in [0.5, 0.6) is 0 Å². The molecule has 1 aromatic rings. The number of hydrogen-bond donors (Lipinski definition) is 2. The van der Waals surface area contributed by atoms with Crippen LogP contribution in [0.25, 0.3) is 0 Å². The first-order chi connectivity index (χ1) is 7.92. The molecule has 0 atom stereocenters. The highest BCUT2D eigenvalue weighted by Gasteiger charge is 2.31. The average molecular weight is 283 g/mol. The molecule has 0 radical (unpaired) electrons. The van der Waals surface area contributed by atoms with E-state index in [0.717, 1.165) is 5.56 Å². The van der Waals surface area contributed by atoms with Gasteiger partial charge in [-0.2, -0.15) is 13.2 Å². The topological polar surface area (TPSA) is 41.1 Å². The van der Waals surface area contributed by atoms with E-state index in [-0.39, 0.29) is 12.4 Å². The Bertz CT molecular complexity index is 396. The molecule has 0 bridgehead atoms. The maximum atomic E-state index is 12.0. The van der Waals surface area contributed by atoms with E-state index in [1.54, 1.807) is 31.3 Å². The molecule has 18 heavy (non-hydrogen) atoms. The van der Waals surface area contributed by atoms with E-state index >= 15 is 0 Å². The van der Waals surface area contributed by atoms with Gasteiger partial charge in [-0.05, 0) is 18.7 Å². The second-order valence-electron chi connectivity index (χ2n) is 3.53. The van der Waals surface area contributed by atoms with Crippen LogP contribution in [-0.4, -0.2) is 19.1 Å². The van der Waals surface area contributed by atoms with Crippen LogP contribution in [0, 0.1) is 0 Å². The number of carbonyl (C=O) groups excluding carboxylic acids is 1. The maximum Gasteiger partial charge on any atom is 0.397 e. The lowest BCUT2D eigenvalue weighted by Gasteiger charge is -2.11. The zero-order valence-electron chi connectivity index (χ0n) is 9.67. The number of para-hydroxylation sites is 1. The smallest absolute Gasteiger partial charge is 0.325 e. The van der Waals surface area contributed by atoms with Crippen molar-refractivity contribution in [3.8, 4) is 0 Å². The van der Waals surface area contributed by atoms with E-state index in [0.29, 0.717) is 12.2 Å². The number of halogens is 4. The second kappa shape index (κ2) is 7.23. The minimum Gasteiger partial charge on any atom is -0.325 e. The van der Waals surface area contributed by atoms with Crippen LogP contribution in [-0.2, 0) is 11.3 Å². The van der Waals surface area contributed by atoms with Gasteiger partial charge in [0.2, 0.25) is 5.91 Å². The fraction of sp³-hybridized carbons (Fsp3) is 0.364. The summed E-state index contributed by atoms with van der Waals surface area (Å²) in [5.74, 6) is -1.05. The molecule has 7 heteroatoms. The molecule has 0 aliphatic rings. The lowest BCUT2D eigenvalue weighted by molar-refractivity contribution is -0.150. The van der Waals surface area contributed by atoms with Crippen molar-refractivity contribution in [3.63, 3.8) is 0 Å². The number of amides is 1. The highest BCUT2D eigenvalue weighted by atomic mass is 35.5. The molecule has 0 saturated carbocycles. The molecule has 0 spiro atoms. The van der Waals surface area contributed by atoms with Gasteiger partial charge in [-0.15, -0.1) is 12.4 Å². The van der Waals surface area contributed by atoms with Crippen molar-refractivity contribution in [2.75, 3.05) is 12.4 Å². The highest BCUT2D eigenvalue weighted by Crippen LogP contribution is 2.21. The van der Waals surface area contributed by atoms with E-state index in [1.807, 2.05) is 0 Å². The van der Waals surface area contributed by atoms with Crippen LogP contribution in [0.4, 0.5) is 18.9 Å². The first kappa shape index (κ1) is 16.7. The fourth-order valence-corrected chi connectivity index (χ4v) is 1.36. The van der Waals surface area contributed by atoms with Gasteiger partial charge >= 0.3 is 6.18 Å². The number of rotatable bonds is 4. The Kier molecular flexibility index (Phi) is 6.72. The molecular formula is C11H14ClF3N2O. The summed E-state index contributed by atoms with van der Waals surface area (Å²) in [5.41, 5.74) is 1.14. The van der Waals surface area contributed by atoms with Gasteiger partial charge in [0.05, 0.1) is 0 Å². The Hall–Kier alpha value is -1.27. The molecule has 0 aliphatic heterocycles. The normalized spacial score (nSPS) is 10.7. The monoisotopic (exact) mass is 282 g/mol. The average Bonchev–Trinajstić information content (AvgIpc) is 2.18. The van der Waals surface area contributed by atoms with Crippen LogP contribution >= 0.6 is 12.4 Å². The first-order valence-electron chi connectivity index (χ1n) is 5.01. The molecule has 1 rings (SSSR count). The van der Waals surface area contributed by atoms with Crippen molar-refractivity contribution in [1.82, 2.24) is 5.32 Å². The summed E-state index contributed by atoms with van der Waals surface area (Å²) in [7, 11) is 1.72. The van der Waals surface area contributed by atoms with E-state index in [2.05, 4.69) is 10.6 Å². The highest BCUT2D eigenvalue weighted by molar-refractivity contribution is 5.91. The van der Waals surface area contributed by atoms with Crippen molar-refractivity contribution in [3.05, 3.63) is 29.8 Å². The molecule has 1 aromatic carbocycles. The SMILES string of the molecule is CNCc1ccccc1NC(=O)CC(F)(F)F.Cl. The molecule has 102 valence electrons. The first-order valence-corrected chi connectivity index (χ1v) is 5.01. The van der Waals surface area contributed by atoms with Crippen LogP contribution in [0.2, 0.25) is 0 Å². The summed E-state index contributed by atoms with van der Waals surface area (Å²) in [4.78, 5) is 11.1. The van der Waals surface area contributed by atoms with Crippen molar-refractivity contribution in [1.29, 1.82) is 0 Å². The van der Waals surface area contributed by atoms with Gasteiger partial charge in [0.25, 0.3) is 0 Å². The summed E-state index contributed by atoms with van der Waals surface area (Å²) >= 11 is 0. The number of alkyl halides is 3. The van der Waals surface area contributed by atoms with Crippen LogP contribution in [0.15, 0.2) is 24.3 Å². The van der Waals surface area contributed by atoms with Gasteiger partial charge in [-0.3, -0.25) is 4.79 Å². The number of anilines is 1. The molecule has 0 unspecified atom stereocenters. The Morgan fingerprint density at radius 1 is 1.28 bits per heavy atom. The molecule has 0 fully saturated rings. The summed E-state index contributed by atoms with van der Waals surface area (Å²) < 4.78 is 36.0. The van der Waals surface area contributed by atoms with Gasteiger partial charge in [-0.1, -0.05) is 18.2 Å². The number of benzene rings is 1. The number of hydrogen-bond acceptors (Lipinski definition) is 2. The lowest BCUT2D eigenvalue weighted by atomic mass is 10.1. The second-order valence-corrected chi connectivity index (χ2v) is 3.53. The third kappa shape index (κ3) is 5.88. The van der Waals surface area contributed by atoms with E-state index in [4.69, 9.17) is 0 Å².